The quantitative estimate of drug-likeness (QED) is 0.321. The summed E-state index contributed by atoms with van der Waals surface area (Å²) in [4.78, 5) is 34.2. The maximum atomic E-state index is 13.1. The lowest BCUT2D eigenvalue weighted by Gasteiger charge is -2.14. The Bertz CT molecular complexity index is 995. The fourth-order valence-corrected chi connectivity index (χ4v) is 2.54. The second-order valence-electron chi connectivity index (χ2n) is 5.87. The van der Waals surface area contributed by atoms with Crippen molar-refractivity contribution in [1.82, 2.24) is 10.7 Å². The summed E-state index contributed by atoms with van der Waals surface area (Å²) in [5.41, 5.74) is 1.22. The number of halogens is 4. The Labute approximate surface area is 183 Å². The third-order valence-corrected chi connectivity index (χ3v) is 4.12. The van der Waals surface area contributed by atoms with Crippen molar-refractivity contribution in [3.63, 3.8) is 0 Å². The average molecular weight is 501 g/mol. The highest BCUT2D eigenvalue weighted by Crippen LogP contribution is 2.36. The number of nitrogens with zero attached hydrogens (tertiary/aromatic N) is 1. The number of amides is 3. The monoisotopic (exact) mass is 500 g/mol. The molecule has 8 nitrogen and oxygen atoms in total. The highest BCUT2D eigenvalue weighted by molar-refractivity contribution is 9.10. The Balaban J connectivity index is 1.91. The van der Waals surface area contributed by atoms with E-state index < -0.39 is 36.1 Å². The van der Waals surface area contributed by atoms with Gasteiger partial charge in [-0.25, -0.2) is 5.43 Å². The number of benzene rings is 2. The van der Waals surface area contributed by atoms with Gasteiger partial charge in [0.05, 0.1) is 17.5 Å². The van der Waals surface area contributed by atoms with Crippen LogP contribution in [0.2, 0.25) is 0 Å². The highest BCUT2D eigenvalue weighted by Gasteiger charge is 2.34. The van der Waals surface area contributed by atoms with Crippen LogP contribution in [0.25, 0.3) is 0 Å². The minimum Gasteiger partial charge on any atom is -0.484 e. The molecule has 3 amide bonds. The van der Waals surface area contributed by atoms with Gasteiger partial charge < -0.3 is 15.4 Å². The lowest BCUT2D eigenvalue weighted by atomic mass is 10.1. The molecule has 0 radical (unpaired) electrons. The molecule has 2 aromatic carbocycles. The number of likely N-dealkylation sites (N-methyl/N-ethyl adjacent to an activating group) is 1. The third kappa shape index (κ3) is 7.41. The zero-order valence-corrected chi connectivity index (χ0v) is 17.5. The number of hydrazone groups is 1. The molecule has 12 heteroatoms. The molecule has 2 aromatic rings. The number of hydrogen-bond acceptors (Lipinski definition) is 5. The van der Waals surface area contributed by atoms with Crippen LogP contribution < -0.4 is 20.8 Å². The molecule has 0 fully saturated rings. The summed E-state index contributed by atoms with van der Waals surface area (Å²) in [6, 6.07) is 9.49. The van der Waals surface area contributed by atoms with Gasteiger partial charge in [0.2, 0.25) is 0 Å². The molecule has 0 spiro atoms. The van der Waals surface area contributed by atoms with Crippen molar-refractivity contribution in [3.05, 3.63) is 58.1 Å². The van der Waals surface area contributed by atoms with Gasteiger partial charge in [0.1, 0.15) is 5.75 Å². The first-order valence-corrected chi connectivity index (χ1v) is 9.34. The number of alkyl halides is 3. The normalized spacial score (nSPS) is 11.1. The first-order chi connectivity index (χ1) is 14.6. The zero-order chi connectivity index (χ0) is 23.0. The molecule has 0 bridgehead atoms. The second kappa shape index (κ2) is 10.6. The first kappa shape index (κ1) is 23.9. The van der Waals surface area contributed by atoms with Gasteiger partial charge in [0.15, 0.2) is 6.61 Å². The molecular weight excluding hydrogens is 485 g/mol. The summed E-state index contributed by atoms with van der Waals surface area (Å²) in [7, 11) is 1.30. The minimum absolute atomic E-state index is 0.228. The molecular formula is C19H16BrF3N4O4. The standard InChI is InChI=1S/C19H16BrF3N4O4/c1-24-17(29)18(30)27-25-9-11-2-5-13(6-3-11)31-10-16(28)26-15-7-4-12(20)8-14(15)19(21,22)23/h2-9H,10H2,1H3,(H,24,29)(H,26,28)(H,27,30)/b25-9-. The zero-order valence-electron chi connectivity index (χ0n) is 15.9. The van der Waals surface area contributed by atoms with E-state index in [0.29, 0.717) is 5.56 Å². The Morgan fingerprint density at radius 1 is 1.10 bits per heavy atom. The minimum atomic E-state index is -4.63. The summed E-state index contributed by atoms with van der Waals surface area (Å²) < 4.78 is 44.8. The molecule has 0 heterocycles. The number of carbonyl (C=O) groups excluding carboxylic acids is 3. The number of hydrogen-bond donors (Lipinski definition) is 3. The Morgan fingerprint density at radius 2 is 1.77 bits per heavy atom. The maximum Gasteiger partial charge on any atom is 0.418 e. The number of anilines is 1. The van der Waals surface area contributed by atoms with Crippen LogP contribution in [0.5, 0.6) is 5.75 Å². The van der Waals surface area contributed by atoms with Gasteiger partial charge in [-0.1, -0.05) is 15.9 Å². The fraction of sp³-hybridized carbons (Fsp3) is 0.158. The molecule has 0 unspecified atom stereocenters. The Hall–Kier alpha value is -3.41. The van der Waals surface area contributed by atoms with Gasteiger partial charge in [-0.2, -0.15) is 18.3 Å². The fourth-order valence-electron chi connectivity index (χ4n) is 2.18. The van der Waals surface area contributed by atoms with Crippen molar-refractivity contribution >= 4 is 45.6 Å². The SMILES string of the molecule is CNC(=O)C(=O)N/N=C\c1ccc(OCC(=O)Nc2ccc(Br)cc2C(F)(F)F)cc1. The van der Waals surface area contributed by atoms with Gasteiger partial charge in [-0.15, -0.1) is 0 Å². The third-order valence-electron chi connectivity index (χ3n) is 3.62. The van der Waals surface area contributed by atoms with Gasteiger partial charge in [0, 0.05) is 11.5 Å². The Kier molecular flexibility index (Phi) is 8.14. The highest BCUT2D eigenvalue weighted by atomic mass is 79.9. The van der Waals surface area contributed by atoms with E-state index in [2.05, 4.69) is 31.7 Å². The van der Waals surface area contributed by atoms with Crippen LogP contribution in [0.4, 0.5) is 18.9 Å². The van der Waals surface area contributed by atoms with Gasteiger partial charge >= 0.3 is 18.0 Å². The van der Waals surface area contributed by atoms with E-state index in [9.17, 15) is 27.6 Å². The predicted octanol–water partition coefficient (Wildman–Crippen LogP) is 2.68. The molecule has 0 aromatic heterocycles. The average Bonchev–Trinajstić information content (AvgIpc) is 2.73. The van der Waals surface area contributed by atoms with Crippen LogP contribution in [-0.2, 0) is 20.6 Å². The summed E-state index contributed by atoms with van der Waals surface area (Å²) >= 11 is 2.97. The van der Waals surface area contributed by atoms with Crippen molar-refractivity contribution in [1.29, 1.82) is 0 Å². The van der Waals surface area contributed by atoms with Crippen LogP contribution in [0, 0.1) is 0 Å². The molecule has 2 rings (SSSR count). The van der Waals surface area contributed by atoms with Crippen LogP contribution >= 0.6 is 15.9 Å². The van der Waals surface area contributed by atoms with E-state index in [4.69, 9.17) is 4.74 Å². The van der Waals surface area contributed by atoms with Crippen LogP contribution in [0.1, 0.15) is 11.1 Å². The van der Waals surface area contributed by atoms with E-state index in [1.54, 1.807) is 12.1 Å². The first-order valence-electron chi connectivity index (χ1n) is 8.54. The number of carbonyl (C=O) groups is 3. The predicted molar refractivity (Wildman–Crippen MR) is 110 cm³/mol. The van der Waals surface area contributed by atoms with Crippen LogP contribution in [0.15, 0.2) is 52.0 Å². The maximum absolute atomic E-state index is 13.1. The summed E-state index contributed by atoms with van der Waals surface area (Å²) in [5.74, 6) is -2.25. The lowest BCUT2D eigenvalue weighted by molar-refractivity contribution is -0.138. The number of rotatable bonds is 6. The molecule has 31 heavy (non-hydrogen) atoms. The number of ether oxygens (including phenoxy) is 1. The molecule has 0 saturated carbocycles. The van der Waals surface area contributed by atoms with Crippen molar-refractivity contribution < 1.29 is 32.3 Å². The van der Waals surface area contributed by atoms with Crippen molar-refractivity contribution in [2.24, 2.45) is 5.10 Å². The van der Waals surface area contributed by atoms with E-state index >= 15 is 0 Å². The van der Waals surface area contributed by atoms with Gasteiger partial charge in [-0.05, 0) is 48.0 Å². The van der Waals surface area contributed by atoms with E-state index in [-0.39, 0.29) is 15.9 Å². The largest absolute Gasteiger partial charge is 0.484 e. The van der Waals surface area contributed by atoms with Crippen LogP contribution in [-0.4, -0.2) is 37.6 Å². The molecule has 164 valence electrons. The molecule has 0 aliphatic carbocycles. The molecule has 0 aliphatic rings. The molecule has 0 aliphatic heterocycles. The van der Waals surface area contributed by atoms with E-state index in [0.717, 1.165) is 12.1 Å². The summed E-state index contributed by atoms with van der Waals surface area (Å²) in [5, 5.41) is 7.93. The molecule has 0 saturated heterocycles. The summed E-state index contributed by atoms with van der Waals surface area (Å²) in [6.45, 7) is -0.511. The second-order valence-corrected chi connectivity index (χ2v) is 6.79. The topological polar surface area (TPSA) is 109 Å². The van der Waals surface area contributed by atoms with E-state index in [1.165, 1.54) is 31.5 Å². The van der Waals surface area contributed by atoms with Gasteiger partial charge in [-0.3, -0.25) is 14.4 Å². The molecule has 0 atom stereocenters. The van der Waals surface area contributed by atoms with E-state index in [1.807, 2.05) is 5.43 Å². The van der Waals surface area contributed by atoms with Crippen molar-refractivity contribution in [2.45, 2.75) is 6.18 Å². The van der Waals surface area contributed by atoms with Crippen molar-refractivity contribution in [3.8, 4) is 5.75 Å². The van der Waals surface area contributed by atoms with Gasteiger partial charge in [0.25, 0.3) is 5.91 Å². The summed E-state index contributed by atoms with van der Waals surface area (Å²) in [6.07, 6.45) is -3.35. The molecule has 3 N–H and O–H groups in total. The number of nitrogens with one attached hydrogen (secondary N) is 3. The van der Waals surface area contributed by atoms with Crippen molar-refractivity contribution in [2.75, 3.05) is 19.0 Å². The Morgan fingerprint density at radius 3 is 2.39 bits per heavy atom. The van der Waals surface area contributed by atoms with Crippen LogP contribution in [0.3, 0.4) is 0 Å². The smallest absolute Gasteiger partial charge is 0.418 e. The lowest BCUT2D eigenvalue weighted by Crippen LogP contribution is -2.35.